The summed E-state index contributed by atoms with van der Waals surface area (Å²) < 4.78 is 5.22. The number of amides is 2. The number of pyridine rings is 1. The lowest BCUT2D eigenvalue weighted by Gasteiger charge is -2.35. The van der Waals surface area contributed by atoms with Gasteiger partial charge in [-0.25, -0.2) is 0 Å². The minimum Gasteiger partial charge on any atom is -0.497 e. The fourth-order valence-electron chi connectivity index (χ4n) is 3.79. The number of carbonyl (C=O) groups excluding carboxylic acids is 2. The summed E-state index contributed by atoms with van der Waals surface area (Å²) in [6.45, 7) is 3.38. The van der Waals surface area contributed by atoms with Gasteiger partial charge >= 0.3 is 0 Å². The highest BCUT2D eigenvalue weighted by Crippen LogP contribution is 2.22. The first kappa shape index (κ1) is 20.8. The number of ether oxygens (including phenoxy) is 1. The molecule has 6 nitrogen and oxygen atoms in total. The second kappa shape index (κ2) is 10.0. The lowest BCUT2D eigenvalue weighted by Crippen LogP contribution is -2.43. The Balaban J connectivity index is 1.60. The first-order chi connectivity index (χ1) is 14.1. The molecule has 1 atom stereocenters. The number of piperidine rings is 1. The number of benzene rings is 1. The highest BCUT2D eigenvalue weighted by Gasteiger charge is 2.26. The lowest BCUT2D eigenvalue weighted by atomic mass is 9.99. The van der Waals surface area contributed by atoms with E-state index in [4.69, 9.17) is 4.74 Å². The van der Waals surface area contributed by atoms with Crippen LogP contribution in [0.5, 0.6) is 5.75 Å². The van der Waals surface area contributed by atoms with E-state index in [1.165, 1.54) is 6.20 Å². The zero-order valence-corrected chi connectivity index (χ0v) is 17.2. The number of likely N-dealkylation sites (tertiary alicyclic amines) is 1. The van der Waals surface area contributed by atoms with Crippen LogP contribution in [0.2, 0.25) is 0 Å². The maximum Gasteiger partial charge on any atom is 0.255 e. The van der Waals surface area contributed by atoms with Crippen molar-refractivity contribution in [2.24, 2.45) is 0 Å². The predicted molar refractivity (Wildman–Crippen MR) is 112 cm³/mol. The molecule has 0 radical (unpaired) electrons. The molecule has 3 rings (SSSR count). The van der Waals surface area contributed by atoms with Crippen LogP contribution < -0.4 is 10.1 Å². The molecule has 1 aromatic heterocycles. The van der Waals surface area contributed by atoms with E-state index in [0.717, 1.165) is 43.5 Å². The van der Waals surface area contributed by atoms with Crippen molar-refractivity contribution >= 4 is 11.8 Å². The van der Waals surface area contributed by atoms with E-state index in [1.54, 1.807) is 19.4 Å². The maximum absolute atomic E-state index is 12.9. The molecule has 29 heavy (non-hydrogen) atoms. The third kappa shape index (κ3) is 5.34. The van der Waals surface area contributed by atoms with E-state index in [2.05, 4.69) is 17.2 Å². The molecule has 1 unspecified atom stereocenters. The molecule has 1 aromatic carbocycles. The Morgan fingerprint density at radius 1 is 1.21 bits per heavy atom. The fraction of sp³-hybridized carbons (Fsp3) is 0.435. The number of nitrogens with zero attached hydrogens (tertiary/aromatic N) is 2. The van der Waals surface area contributed by atoms with Crippen LogP contribution in [0, 0.1) is 0 Å². The lowest BCUT2D eigenvalue weighted by molar-refractivity contribution is 0.0607. The minimum atomic E-state index is -0.222. The second-order valence-electron chi connectivity index (χ2n) is 7.38. The van der Waals surface area contributed by atoms with Crippen LogP contribution >= 0.6 is 0 Å². The van der Waals surface area contributed by atoms with Crippen molar-refractivity contribution in [1.82, 2.24) is 15.2 Å². The summed E-state index contributed by atoms with van der Waals surface area (Å²) in [6, 6.07) is 9.70. The monoisotopic (exact) mass is 395 g/mol. The van der Waals surface area contributed by atoms with E-state index >= 15 is 0 Å². The molecular formula is C23H29N3O3. The van der Waals surface area contributed by atoms with E-state index in [9.17, 15) is 9.59 Å². The number of methoxy groups -OCH3 is 1. The van der Waals surface area contributed by atoms with Gasteiger partial charge in [0.05, 0.1) is 18.2 Å². The zero-order chi connectivity index (χ0) is 20.6. The Hall–Kier alpha value is -2.89. The molecule has 2 heterocycles. The standard InChI is InChI=1S/C23H29N3O3/c1-3-20-8-4-5-12-26(20)23(28)19-14-18(15-24-16-19)22(27)25-11-10-17-7-6-9-21(13-17)29-2/h6-7,9,13-16,20H,3-5,8,10-12H2,1-2H3,(H,25,27). The molecule has 1 aliphatic heterocycles. The highest BCUT2D eigenvalue weighted by atomic mass is 16.5. The SMILES string of the molecule is CCC1CCCCN1C(=O)c1cncc(C(=O)NCCc2cccc(OC)c2)c1. The zero-order valence-electron chi connectivity index (χ0n) is 17.2. The van der Waals surface area contributed by atoms with Gasteiger partial charge in [0.25, 0.3) is 11.8 Å². The quantitative estimate of drug-likeness (QED) is 0.779. The average molecular weight is 396 g/mol. The van der Waals surface area contributed by atoms with Crippen molar-refractivity contribution in [1.29, 1.82) is 0 Å². The largest absolute Gasteiger partial charge is 0.497 e. The number of hydrogen-bond acceptors (Lipinski definition) is 4. The van der Waals surface area contributed by atoms with Crippen LogP contribution in [0.3, 0.4) is 0 Å². The van der Waals surface area contributed by atoms with Crippen LogP contribution in [0.15, 0.2) is 42.7 Å². The number of nitrogens with one attached hydrogen (secondary N) is 1. The van der Waals surface area contributed by atoms with Crippen LogP contribution in [0.4, 0.5) is 0 Å². The van der Waals surface area contributed by atoms with Crippen LogP contribution in [-0.2, 0) is 6.42 Å². The third-order valence-electron chi connectivity index (χ3n) is 5.44. The molecule has 0 aliphatic carbocycles. The molecular weight excluding hydrogens is 366 g/mol. The molecule has 6 heteroatoms. The van der Waals surface area contributed by atoms with Crippen molar-refractivity contribution < 1.29 is 14.3 Å². The summed E-state index contributed by atoms with van der Waals surface area (Å²) in [6.07, 6.45) is 7.93. The Kier molecular flexibility index (Phi) is 7.22. The van der Waals surface area contributed by atoms with Crippen molar-refractivity contribution in [3.05, 3.63) is 59.4 Å². The van der Waals surface area contributed by atoms with Gasteiger partial charge in [0, 0.05) is 31.5 Å². The van der Waals surface area contributed by atoms with Crippen LogP contribution in [0.25, 0.3) is 0 Å². The smallest absolute Gasteiger partial charge is 0.255 e. The molecule has 1 aliphatic rings. The van der Waals surface area contributed by atoms with Gasteiger partial charge in [0.1, 0.15) is 5.75 Å². The van der Waals surface area contributed by atoms with Gasteiger partial charge in [-0.1, -0.05) is 19.1 Å². The van der Waals surface area contributed by atoms with Gasteiger partial charge in [0.2, 0.25) is 0 Å². The average Bonchev–Trinajstić information content (AvgIpc) is 2.78. The van der Waals surface area contributed by atoms with Gasteiger partial charge in [-0.3, -0.25) is 14.6 Å². The second-order valence-corrected chi connectivity index (χ2v) is 7.38. The predicted octanol–water partition coefficient (Wildman–Crippen LogP) is 3.47. The van der Waals surface area contributed by atoms with Crippen molar-refractivity contribution in [3.63, 3.8) is 0 Å². The maximum atomic E-state index is 12.9. The first-order valence-electron chi connectivity index (χ1n) is 10.3. The Morgan fingerprint density at radius 2 is 2.03 bits per heavy atom. The van der Waals surface area contributed by atoms with E-state index in [0.29, 0.717) is 24.1 Å². The van der Waals surface area contributed by atoms with Crippen LogP contribution in [0.1, 0.15) is 58.9 Å². The van der Waals surface area contributed by atoms with Gasteiger partial charge < -0.3 is 15.0 Å². The molecule has 2 aromatic rings. The fourth-order valence-corrected chi connectivity index (χ4v) is 3.79. The molecule has 1 fully saturated rings. The number of hydrogen-bond donors (Lipinski definition) is 1. The van der Waals surface area contributed by atoms with Crippen LogP contribution in [-0.4, -0.2) is 47.9 Å². The summed E-state index contributed by atoms with van der Waals surface area (Å²) in [5.41, 5.74) is 1.97. The summed E-state index contributed by atoms with van der Waals surface area (Å²) in [7, 11) is 1.63. The third-order valence-corrected chi connectivity index (χ3v) is 5.44. The van der Waals surface area contributed by atoms with E-state index < -0.39 is 0 Å². The van der Waals surface area contributed by atoms with Gasteiger partial charge in [-0.2, -0.15) is 0 Å². The number of aromatic nitrogens is 1. The van der Waals surface area contributed by atoms with Crippen molar-refractivity contribution in [2.75, 3.05) is 20.2 Å². The topological polar surface area (TPSA) is 71.5 Å². The van der Waals surface area contributed by atoms with E-state index in [-0.39, 0.29) is 17.9 Å². The Labute approximate surface area is 172 Å². The molecule has 154 valence electrons. The Bertz CT molecular complexity index is 853. The van der Waals surface area contributed by atoms with Crippen molar-refractivity contribution in [2.45, 2.75) is 45.1 Å². The minimum absolute atomic E-state index is 0.0323. The molecule has 1 saturated heterocycles. The summed E-state index contributed by atoms with van der Waals surface area (Å²) >= 11 is 0. The Morgan fingerprint density at radius 3 is 2.83 bits per heavy atom. The van der Waals surface area contributed by atoms with Crippen molar-refractivity contribution in [3.8, 4) is 5.75 Å². The normalized spacial score (nSPS) is 16.3. The van der Waals surface area contributed by atoms with Gasteiger partial charge in [0.15, 0.2) is 0 Å². The molecule has 2 amide bonds. The highest BCUT2D eigenvalue weighted by molar-refractivity contribution is 5.99. The molecule has 0 saturated carbocycles. The van der Waals surface area contributed by atoms with E-state index in [1.807, 2.05) is 29.2 Å². The molecule has 1 N–H and O–H groups in total. The van der Waals surface area contributed by atoms with Gasteiger partial charge in [-0.15, -0.1) is 0 Å². The van der Waals surface area contributed by atoms with Gasteiger partial charge in [-0.05, 0) is 55.9 Å². The summed E-state index contributed by atoms with van der Waals surface area (Å²) in [4.78, 5) is 31.5. The molecule has 0 bridgehead atoms. The first-order valence-corrected chi connectivity index (χ1v) is 10.3. The summed E-state index contributed by atoms with van der Waals surface area (Å²) in [5, 5.41) is 2.91. The number of carbonyl (C=O) groups is 2. The molecule has 0 spiro atoms. The number of rotatable bonds is 7. The summed E-state index contributed by atoms with van der Waals surface area (Å²) in [5.74, 6) is 0.545.